The molecule has 3 rings (SSSR count). The van der Waals surface area contributed by atoms with Gasteiger partial charge in [-0.1, -0.05) is 6.07 Å². The van der Waals surface area contributed by atoms with E-state index in [1.54, 1.807) is 24.5 Å². The van der Waals surface area contributed by atoms with Gasteiger partial charge < -0.3 is 9.73 Å². The van der Waals surface area contributed by atoms with Crippen LogP contribution in [0.1, 0.15) is 0 Å². The minimum Gasteiger partial charge on any atom is -0.420 e. The molecule has 1 aromatic carbocycles. The molecule has 6 heteroatoms. The molecular formula is C10H7FN4O. The number of aromatic nitrogens is 3. The van der Waals surface area contributed by atoms with Crippen LogP contribution in [-0.4, -0.2) is 15.2 Å². The Kier molecular flexibility index (Phi) is 1.86. The number of H-pyrrole nitrogens is 1. The number of nitrogens with one attached hydrogen (secondary N) is 2. The van der Waals surface area contributed by atoms with Gasteiger partial charge in [0.2, 0.25) is 0 Å². The van der Waals surface area contributed by atoms with Gasteiger partial charge in [-0.2, -0.15) is 10.1 Å². The number of nitrogens with zero attached hydrogens (tertiary/aromatic N) is 2. The van der Waals surface area contributed by atoms with E-state index in [0.29, 0.717) is 11.2 Å². The number of oxazole rings is 1. The van der Waals surface area contributed by atoms with Crippen molar-refractivity contribution in [2.75, 3.05) is 5.32 Å². The molecule has 0 fully saturated rings. The van der Waals surface area contributed by atoms with E-state index in [0.717, 1.165) is 0 Å². The highest BCUT2D eigenvalue weighted by molar-refractivity contribution is 5.75. The van der Waals surface area contributed by atoms with Crippen molar-refractivity contribution >= 4 is 22.8 Å². The molecule has 0 aliphatic heterocycles. The largest absolute Gasteiger partial charge is 0.420 e. The Morgan fingerprint density at radius 1 is 1.38 bits per heavy atom. The summed E-state index contributed by atoms with van der Waals surface area (Å²) < 4.78 is 18.5. The summed E-state index contributed by atoms with van der Waals surface area (Å²) in [4.78, 5) is 4.09. The van der Waals surface area contributed by atoms with E-state index in [2.05, 4.69) is 20.5 Å². The lowest BCUT2D eigenvalue weighted by Gasteiger charge is -1.93. The molecule has 0 aliphatic carbocycles. The summed E-state index contributed by atoms with van der Waals surface area (Å²) in [6.45, 7) is 0. The smallest absolute Gasteiger partial charge is 0.300 e. The highest BCUT2D eigenvalue weighted by Gasteiger charge is 2.09. The van der Waals surface area contributed by atoms with Gasteiger partial charge in [0.25, 0.3) is 6.01 Å². The van der Waals surface area contributed by atoms with Crippen molar-refractivity contribution in [2.24, 2.45) is 0 Å². The van der Waals surface area contributed by atoms with Gasteiger partial charge >= 0.3 is 0 Å². The zero-order valence-electron chi connectivity index (χ0n) is 8.07. The van der Waals surface area contributed by atoms with E-state index >= 15 is 0 Å². The number of halogens is 1. The van der Waals surface area contributed by atoms with E-state index in [4.69, 9.17) is 4.42 Å². The molecule has 3 aromatic rings. The molecule has 2 heterocycles. The van der Waals surface area contributed by atoms with Gasteiger partial charge in [0.15, 0.2) is 11.4 Å². The van der Waals surface area contributed by atoms with Gasteiger partial charge in [0, 0.05) is 6.20 Å². The summed E-state index contributed by atoms with van der Waals surface area (Å²) in [5.41, 5.74) is 1.33. The lowest BCUT2D eigenvalue weighted by atomic mass is 10.3. The Morgan fingerprint density at radius 3 is 3.06 bits per heavy atom. The summed E-state index contributed by atoms with van der Waals surface area (Å²) in [5, 5.41) is 9.26. The SMILES string of the molecule is Fc1cccc2nc(Nc3cn[nH]c3)oc12. The van der Waals surface area contributed by atoms with Gasteiger partial charge in [0.1, 0.15) is 5.52 Å². The minimum absolute atomic E-state index is 0.147. The highest BCUT2D eigenvalue weighted by atomic mass is 19.1. The first-order valence-corrected chi connectivity index (χ1v) is 4.64. The first-order chi connectivity index (χ1) is 7.83. The Balaban J connectivity index is 2.02. The van der Waals surface area contributed by atoms with Crippen molar-refractivity contribution in [3.05, 3.63) is 36.4 Å². The van der Waals surface area contributed by atoms with E-state index in [9.17, 15) is 4.39 Å². The molecule has 16 heavy (non-hydrogen) atoms. The van der Waals surface area contributed by atoms with Crippen molar-refractivity contribution < 1.29 is 8.81 Å². The fourth-order valence-corrected chi connectivity index (χ4v) is 1.41. The predicted octanol–water partition coefficient (Wildman–Crippen LogP) is 2.43. The molecule has 5 nitrogen and oxygen atoms in total. The second kappa shape index (κ2) is 3.34. The summed E-state index contributed by atoms with van der Waals surface area (Å²) in [5.74, 6) is -0.426. The Labute approximate surface area is 89.3 Å². The van der Waals surface area contributed by atoms with Crippen LogP contribution in [0.4, 0.5) is 16.1 Å². The Bertz CT molecular complexity index is 617. The molecule has 0 radical (unpaired) electrons. The van der Waals surface area contributed by atoms with Crippen LogP contribution in [0.3, 0.4) is 0 Å². The van der Waals surface area contributed by atoms with Crippen LogP contribution in [0.15, 0.2) is 35.0 Å². The van der Waals surface area contributed by atoms with Crippen LogP contribution in [0, 0.1) is 5.82 Å². The third-order valence-corrected chi connectivity index (χ3v) is 2.12. The van der Waals surface area contributed by atoms with Gasteiger partial charge in [-0.25, -0.2) is 4.39 Å². The van der Waals surface area contributed by atoms with Gasteiger partial charge in [0.05, 0.1) is 11.9 Å². The highest BCUT2D eigenvalue weighted by Crippen LogP contribution is 2.23. The third-order valence-electron chi connectivity index (χ3n) is 2.12. The lowest BCUT2D eigenvalue weighted by molar-refractivity contribution is 0.566. The average molecular weight is 218 g/mol. The second-order valence-corrected chi connectivity index (χ2v) is 3.22. The van der Waals surface area contributed by atoms with Gasteiger partial charge in [-0.05, 0) is 12.1 Å². The number of para-hydroxylation sites is 1. The van der Waals surface area contributed by atoms with Crippen LogP contribution >= 0.6 is 0 Å². The van der Waals surface area contributed by atoms with E-state index in [1.807, 2.05) is 0 Å². The number of benzene rings is 1. The number of anilines is 2. The molecule has 80 valence electrons. The van der Waals surface area contributed by atoms with E-state index in [1.165, 1.54) is 6.07 Å². The first-order valence-electron chi connectivity index (χ1n) is 4.64. The van der Waals surface area contributed by atoms with Crippen molar-refractivity contribution in [3.63, 3.8) is 0 Å². The zero-order chi connectivity index (χ0) is 11.0. The zero-order valence-corrected chi connectivity index (χ0v) is 8.07. The molecule has 0 atom stereocenters. The first kappa shape index (κ1) is 8.90. The number of hydrogen-bond donors (Lipinski definition) is 2. The normalized spacial score (nSPS) is 10.8. The van der Waals surface area contributed by atoms with Crippen LogP contribution in [0.5, 0.6) is 0 Å². The maximum absolute atomic E-state index is 13.3. The quantitative estimate of drug-likeness (QED) is 0.693. The molecule has 2 N–H and O–H groups in total. The molecule has 0 amide bonds. The van der Waals surface area contributed by atoms with Crippen LogP contribution < -0.4 is 5.32 Å². The fourth-order valence-electron chi connectivity index (χ4n) is 1.41. The van der Waals surface area contributed by atoms with Gasteiger partial charge in [-0.15, -0.1) is 0 Å². The molecule has 0 saturated heterocycles. The third kappa shape index (κ3) is 1.40. The molecule has 0 unspecified atom stereocenters. The molecular weight excluding hydrogens is 211 g/mol. The summed E-state index contributed by atoms with van der Waals surface area (Å²) in [6.07, 6.45) is 3.22. The molecule has 0 bridgehead atoms. The summed E-state index contributed by atoms with van der Waals surface area (Å²) in [6, 6.07) is 4.83. The topological polar surface area (TPSA) is 66.7 Å². The number of hydrogen-bond acceptors (Lipinski definition) is 4. The Morgan fingerprint density at radius 2 is 2.31 bits per heavy atom. The standard InChI is InChI=1S/C10H7FN4O/c11-7-2-1-3-8-9(7)16-10(15-8)14-6-4-12-13-5-6/h1-5H,(H,12,13)(H,14,15). The maximum atomic E-state index is 13.3. The van der Waals surface area contributed by atoms with Crippen LogP contribution in [0.25, 0.3) is 11.1 Å². The van der Waals surface area contributed by atoms with Crippen molar-refractivity contribution in [1.82, 2.24) is 15.2 Å². The number of fused-ring (bicyclic) bond motifs is 1. The van der Waals surface area contributed by atoms with E-state index < -0.39 is 5.82 Å². The minimum atomic E-state index is -0.426. The Hall–Kier alpha value is -2.37. The summed E-state index contributed by atoms with van der Waals surface area (Å²) in [7, 11) is 0. The van der Waals surface area contributed by atoms with Crippen molar-refractivity contribution in [3.8, 4) is 0 Å². The van der Waals surface area contributed by atoms with Crippen LogP contribution in [0.2, 0.25) is 0 Å². The fraction of sp³-hybridized carbons (Fsp3) is 0. The number of aromatic amines is 1. The lowest BCUT2D eigenvalue weighted by Crippen LogP contribution is -1.86. The average Bonchev–Trinajstić information content (AvgIpc) is 2.88. The van der Waals surface area contributed by atoms with Crippen molar-refractivity contribution in [2.45, 2.75) is 0 Å². The second-order valence-electron chi connectivity index (χ2n) is 3.22. The monoisotopic (exact) mass is 218 g/mol. The molecule has 2 aromatic heterocycles. The van der Waals surface area contributed by atoms with Crippen molar-refractivity contribution in [1.29, 1.82) is 0 Å². The summed E-state index contributed by atoms with van der Waals surface area (Å²) >= 11 is 0. The van der Waals surface area contributed by atoms with E-state index in [-0.39, 0.29) is 11.6 Å². The number of rotatable bonds is 2. The molecule has 0 aliphatic rings. The molecule has 0 spiro atoms. The predicted molar refractivity (Wildman–Crippen MR) is 55.8 cm³/mol. The van der Waals surface area contributed by atoms with Crippen LogP contribution in [-0.2, 0) is 0 Å². The van der Waals surface area contributed by atoms with Gasteiger partial charge in [-0.3, -0.25) is 5.10 Å². The maximum Gasteiger partial charge on any atom is 0.300 e. The molecule has 0 saturated carbocycles.